The number of rotatable bonds is 4. The van der Waals surface area contributed by atoms with Gasteiger partial charge < -0.3 is 15.7 Å². The van der Waals surface area contributed by atoms with Gasteiger partial charge in [0, 0.05) is 20.1 Å². The predicted molar refractivity (Wildman–Crippen MR) is 78.2 cm³/mol. The van der Waals surface area contributed by atoms with Crippen molar-refractivity contribution in [1.82, 2.24) is 4.90 Å². The molecule has 21 heavy (non-hydrogen) atoms. The summed E-state index contributed by atoms with van der Waals surface area (Å²) in [7, 11) is 1.60. The van der Waals surface area contributed by atoms with Crippen LogP contribution in [0.2, 0.25) is 0 Å². The van der Waals surface area contributed by atoms with Crippen molar-refractivity contribution >= 4 is 5.91 Å². The molecule has 0 heterocycles. The zero-order valence-electron chi connectivity index (χ0n) is 11.7. The highest BCUT2D eigenvalue weighted by Gasteiger charge is 2.17. The number of hydrogen-bond acceptors (Lipinski definition) is 3. The Morgan fingerprint density at radius 1 is 1.24 bits per heavy atom. The van der Waals surface area contributed by atoms with Crippen LogP contribution in [-0.2, 0) is 13.1 Å². The Labute approximate surface area is 122 Å². The third-order valence-electron chi connectivity index (χ3n) is 3.28. The molecule has 0 aliphatic heterocycles. The van der Waals surface area contributed by atoms with Gasteiger partial charge in [0.15, 0.2) is 0 Å². The van der Waals surface area contributed by atoms with Crippen LogP contribution in [0.4, 0.5) is 4.39 Å². The average Bonchev–Trinajstić information content (AvgIpc) is 2.49. The van der Waals surface area contributed by atoms with Crippen molar-refractivity contribution in [3.8, 4) is 5.75 Å². The van der Waals surface area contributed by atoms with Gasteiger partial charge in [-0.3, -0.25) is 4.79 Å². The molecule has 4 nitrogen and oxygen atoms in total. The number of nitrogens with zero attached hydrogens (tertiary/aromatic N) is 1. The molecule has 2 aromatic rings. The maximum atomic E-state index is 13.2. The number of aromatic hydroxyl groups is 1. The number of hydrogen-bond donors (Lipinski definition) is 2. The van der Waals surface area contributed by atoms with Gasteiger partial charge in [0.25, 0.3) is 5.91 Å². The summed E-state index contributed by atoms with van der Waals surface area (Å²) in [6.45, 7) is 0.714. The first-order valence-corrected chi connectivity index (χ1v) is 6.53. The Hall–Kier alpha value is -2.40. The van der Waals surface area contributed by atoms with E-state index < -0.39 is 11.7 Å². The van der Waals surface area contributed by atoms with Crippen LogP contribution in [0.3, 0.4) is 0 Å². The average molecular weight is 288 g/mol. The fourth-order valence-electron chi connectivity index (χ4n) is 2.12. The van der Waals surface area contributed by atoms with E-state index in [0.717, 1.165) is 23.3 Å². The van der Waals surface area contributed by atoms with E-state index in [0.29, 0.717) is 13.1 Å². The van der Waals surface area contributed by atoms with E-state index in [1.54, 1.807) is 7.05 Å². The lowest BCUT2D eigenvalue weighted by molar-refractivity contribution is 0.0781. The number of nitrogens with two attached hydrogens (primary N) is 1. The number of phenols is 1. The Morgan fingerprint density at radius 2 is 1.90 bits per heavy atom. The number of carbonyl (C=O) groups is 1. The van der Waals surface area contributed by atoms with Crippen molar-refractivity contribution < 1.29 is 14.3 Å². The molecular formula is C16H17FN2O2. The molecule has 0 radical (unpaired) electrons. The van der Waals surface area contributed by atoms with Crippen molar-refractivity contribution in [1.29, 1.82) is 0 Å². The van der Waals surface area contributed by atoms with Gasteiger partial charge in [-0.2, -0.15) is 0 Å². The van der Waals surface area contributed by atoms with Gasteiger partial charge in [0.05, 0.1) is 5.56 Å². The van der Waals surface area contributed by atoms with Gasteiger partial charge >= 0.3 is 0 Å². The third-order valence-corrected chi connectivity index (χ3v) is 3.28. The highest BCUT2D eigenvalue weighted by Crippen LogP contribution is 2.20. The second-order valence-electron chi connectivity index (χ2n) is 4.80. The normalized spacial score (nSPS) is 10.4. The molecule has 0 aromatic heterocycles. The number of amides is 1. The summed E-state index contributed by atoms with van der Waals surface area (Å²) < 4.78 is 13.2. The molecule has 0 aliphatic rings. The Balaban J connectivity index is 2.22. The van der Waals surface area contributed by atoms with Crippen molar-refractivity contribution in [2.24, 2.45) is 5.73 Å². The van der Waals surface area contributed by atoms with Crippen LogP contribution >= 0.6 is 0 Å². The SMILES string of the molecule is CN(Cc1ccccc1CN)C(=O)c1cc(F)ccc1O. The van der Waals surface area contributed by atoms with Gasteiger partial charge in [-0.1, -0.05) is 24.3 Å². The molecule has 0 atom stereocenters. The summed E-state index contributed by atoms with van der Waals surface area (Å²) in [5.74, 6) is -1.24. The molecule has 2 aromatic carbocycles. The fraction of sp³-hybridized carbons (Fsp3) is 0.188. The largest absolute Gasteiger partial charge is 0.507 e. The molecule has 0 saturated heterocycles. The lowest BCUT2D eigenvalue weighted by Crippen LogP contribution is -2.27. The molecule has 0 saturated carbocycles. The third kappa shape index (κ3) is 3.38. The molecule has 0 unspecified atom stereocenters. The summed E-state index contributed by atoms with van der Waals surface area (Å²) >= 11 is 0. The molecule has 110 valence electrons. The van der Waals surface area contributed by atoms with E-state index in [1.807, 2.05) is 24.3 Å². The standard InChI is InChI=1S/C16H17FN2O2/c1-19(10-12-5-3-2-4-11(12)9-18)16(21)14-8-13(17)6-7-15(14)20/h2-8,20H,9-10,18H2,1H3. The first-order valence-electron chi connectivity index (χ1n) is 6.53. The summed E-state index contributed by atoms with van der Waals surface area (Å²) in [6.07, 6.45) is 0. The van der Waals surface area contributed by atoms with E-state index >= 15 is 0 Å². The van der Waals surface area contributed by atoms with Gasteiger partial charge in [-0.15, -0.1) is 0 Å². The van der Waals surface area contributed by atoms with Crippen LogP contribution in [0, 0.1) is 5.82 Å². The first kappa shape index (κ1) is 15.0. The second-order valence-corrected chi connectivity index (χ2v) is 4.80. The molecule has 0 bridgehead atoms. The van der Waals surface area contributed by atoms with E-state index in [2.05, 4.69) is 0 Å². The van der Waals surface area contributed by atoms with Crippen molar-refractivity contribution in [3.05, 3.63) is 65.0 Å². The van der Waals surface area contributed by atoms with Crippen LogP contribution in [0.25, 0.3) is 0 Å². The summed E-state index contributed by atoms with van der Waals surface area (Å²) in [4.78, 5) is 13.7. The lowest BCUT2D eigenvalue weighted by Gasteiger charge is -2.19. The van der Waals surface area contributed by atoms with Gasteiger partial charge in [0.2, 0.25) is 0 Å². The molecule has 0 spiro atoms. The van der Waals surface area contributed by atoms with E-state index in [4.69, 9.17) is 5.73 Å². The van der Waals surface area contributed by atoms with Crippen molar-refractivity contribution in [2.45, 2.75) is 13.1 Å². The maximum Gasteiger partial charge on any atom is 0.257 e. The van der Waals surface area contributed by atoms with Crippen LogP contribution in [0.5, 0.6) is 5.75 Å². The molecule has 0 fully saturated rings. The molecular weight excluding hydrogens is 271 g/mol. The van der Waals surface area contributed by atoms with Gasteiger partial charge in [-0.05, 0) is 29.3 Å². The van der Waals surface area contributed by atoms with E-state index in [1.165, 1.54) is 11.0 Å². The van der Waals surface area contributed by atoms with Crippen molar-refractivity contribution in [2.75, 3.05) is 7.05 Å². The number of halogens is 1. The molecule has 5 heteroatoms. The van der Waals surface area contributed by atoms with E-state index in [9.17, 15) is 14.3 Å². The lowest BCUT2D eigenvalue weighted by atomic mass is 10.1. The zero-order valence-corrected chi connectivity index (χ0v) is 11.7. The smallest absolute Gasteiger partial charge is 0.257 e. The van der Waals surface area contributed by atoms with E-state index in [-0.39, 0.29) is 11.3 Å². The first-order chi connectivity index (χ1) is 10.0. The Bertz CT molecular complexity index is 658. The minimum absolute atomic E-state index is 0.0530. The van der Waals surface area contributed by atoms with Crippen LogP contribution in [-0.4, -0.2) is 23.0 Å². The quantitative estimate of drug-likeness (QED) is 0.907. The highest BCUT2D eigenvalue weighted by atomic mass is 19.1. The minimum Gasteiger partial charge on any atom is -0.507 e. The van der Waals surface area contributed by atoms with Crippen LogP contribution < -0.4 is 5.73 Å². The highest BCUT2D eigenvalue weighted by molar-refractivity contribution is 5.96. The number of carbonyl (C=O) groups excluding carboxylic acids is 1. The van der Waals surface area contributed by atoms with Gasteiger partial charge in [-0.25, -0.2) is 4.39 Å². The Morgan fingerprint density at radius 3 is 2.57 bits per heavy atom. The fourth-order valence-corrected chi connectivity index (χ4v) is 2.12. The molecule has 2 rings (SSSR count). The molecule has 0 aliphatic carbocycles. The summed E-state index contributed by atoms with van der Waals surface area (Å²) in [6, 6.07) is 10.8. The number of benzene rings is 2. The Kier molecular flexibility index (Phi) is 4.55. The van der Waals surface area contributed by atoms with Gasteiger partial charge in [0.1, 0.15) is 11.6 Å². The second kappa shape index (κ2) is 6.37. The summed E-state index contributed by atoms with van der Waals surface area (Å²) in [5.41, 5.74) is 7.48. The van der Waals surface area contributed by atoms with Crippen LogP contribution in [0.15, 0.2) is 42.5 Å². The predicted octanol–water partition coefficient (Wildman–Crippen LogP) is 2.26. The minimum atomic E-state index is -0.563. The zero-order chi connectivity index (χ0) is 15.4. The van der Waals surface area contributed by atoms with Crippen LogP contribution in [0.1, 0.15) is 21.5 Å². The summed E-state index contributed by atoms with van der Waals surface area (Å²) in [5, 5.41) is 9.69. The maximum absolute atomic E-state index is 13.2. The topological polar surface area (TPSA) is 66.6 Å². The monoisotopic (exact) mass is 288 g/mol. The molecule has 1 amide bonds. The molecule has 3 N–H and O–H groups in total. The van der Waals surface area contributed by atoms with Crippen molar-refractivity contribution in [3.63, 3.8) is 0 Å². The number of phenolic OH excluding ortho intramolecular Hbond substituents is 1.